The monoisotopic (exact) mass is 337 g/mol. The Balaban J connectivity index is 1.91. The van der Waals surface area contributed by atoms with Gasteiger partial charge in [-0.15, -0.1) is 10.2 Å². The van der Waals surface area contributed by atoms with Gasteiger partial charge in [0.15, 0.2) is 5.69 Å². The lowest BCUT2D eigenvalue weighted by Gasteiger charge is -2.19. The fraction of sp³-hybridized carbons (Fsp3) is 0.111. The zero-order valence-corrected chi connectivity index (χ0v) is 13.5. The van der Waals surface area contributed by atoms with Crippen molar-refractivity contribution in [2.45, 2.75) is 6.04 Å². The van der Waals surface area contributed by atoms with Gasteiger partial charge >= 0.3 is 0 Å². The van der Waals surface area contributed by atoms with E-state index in [9.17, 15) is 9.18 Å². The number of aromatic nitrogens is 3. The van der Waals surface area contributed by atoms with Gasteiger partial charge < -0.3 is 10.6 Å². The predicted octanol–water partition coefficient (Wildman–Crippen LogP) is 2.57. The minimum Gasteiger partial charge on any atom is -0.356 e. The highest BCUT2D eigenvalue weighted by Crippen LogP contribution is 2.24. The molecule has 1 amide bonds. The van der Waals surface area contributed by atoms with E-state index in [0.29, 0.717) is 17.1 Å². The molecule has 2 N–H and O–H groups in total. The zero-order chi connectivity index (χ0) is 17.6. The number of hydrogen-bond acceptors (Lipinski definition) is 5. The van der Waals surface area contributed by atoms with Crippen LogP contribution < -0.4 is 10.6 Å². The Hall–Kier alpha value is -3.35. The summed E-state index contributed by atoms with van der Waals surface area (Å²) in [5.41, 5.74) is 1.63. The Morgan fingerprint density at radius 3 is 2.60 bits per heavy atom. The molecule has 6 nitrogen and oxygen atoms in total. The van der Waals surface area contributed by atoms with Gasteiger partial charge in [0, 0.05) is 13.2 Å². The highest BCUT2D eigenvalue weighted by molar-refractivity contribution is 5.91. The van der Waals surface area contributed by atoms with Crippen molar-refractivity contribution in [1.29, 1.82) is 0 Å². The predicted molar refractivity (Wildman–Crippen MR) is 91.5 cm³/mol. The van der Waals surface area contributed by atoms with Crippen molar-refractivity contribution in [3.8, 4) is 0 Å². The Morgan fingerprint density at radius 2 is 1.96 bits per heavy atom. The van der Waals surface area contributed by atoms with E-state index in [4.69, 9.17) is 0 Å². The highest BCUT2D eigenvalue weighted by Gasteiger charge is 2.17. The van der Waals surface area contributed by atoms with E-state index in [1.165, 1.54) is 19.2 Å². The van der Waals surface area contributed by atoms with Gasteiger partial charge in [0.25, 0.3) is 5.91 Å². The number of carbonyl (C=O) groups is 1. The maximum absolute atomic E-state index is 13.6. The van der Waals surface area contributed by atoms with E-state index in [0.717, 1.165) is 0 Å². The van der Waals surface area contributed by atoms with Crippen LogP contribution in [-0.4, -0.2) is 28.1 Å². The molecule has 0 saturated heterocycles. The molecule has 2 aromatic heterocycles. The second-order valence-corrected chi connectivity index (χ2v) is 5.27. The molecule has 2 heterocycles. The number of carbonyl (C=O) groups excluding carboxylic acids is 1. The van der Waals surface area contributed by atoms with Gasteiger partial charge in [0.05, 0.1) is 11.7 Å². The summed E-state index contributed by atoms with van der Waals surface area (Å²) in [7, 11) is 1.53. The van der Waals surface area contributed by atoms with Gasteiger partial charge in [0.1, 0.15) is 11.6 Å². The zero-order valence-electron chi connectivity index (χ0n) is 13.5. The van der Waals surface area contributed by atoms with Gasteiger partial charge in [-0.3, -0.25) is 9.78 Å². The molecule has 1 atom stereocenters. The first-order valence-corrected chi connectivity index (χ1v) is 7.66. The highest BCUT2D eigenvalue weighted by atomic mass is 19.1. The lowest BCUT2D eigenvalue weighted by Crippen LogP contribution is -2.20. The van der Waals surface area contributed by atoms with Crippen LogP contribution in [0.3, 0.4) is 0 Å². The first kappa shape index (κ1) is 16.5. The number of nitrogens with one attached hydrogen (secondary N) is 2. The van der Waals surface area contributed by atoms with Crippen molar-refractivity contribution in [1.82, 2.24) is 20.5 Å². The average molecular weight is 337 g/mol. The summed E-state index contributed by atoms with van der Waals surface area (Å²) in [6.07, 6.45) is 1.67. The van der Waals surface area contributed by atoms with Crippen LogP contribution in [0.2, 0.25) is 0 Å². The fourth-order valence-corrected chi connectivity index (χ4v) is 2.37. The number of hydrogen-bond donors (Lipinski definition) is 2. The van der Waals surface area contributed by atoms with Crippen LogP contribution in [0.1, 0.15) is 27.8 Å². The summed E-state index contributed by atoms with van der Waals surface area (Å²) >= 11 is 0. The van der Waals surface area contributed by atoms with Crippen LogP contribution >= 0.6 is 0 Å². The summed E-state index contributed by atoms with van der Waals surface area (Å²) in [5, 5.41) is 13.6. The molecule has 25 heavy (non-hydrogen) atoms. The number of pyridine rings is 1. The molecule has 0 aliphatic heterocycles. The number of benzene rings is 1. The summed E-state index contributed by atoms with van der Waals surface area (Å²) in [5.74, 6) is -0.195. The third-order valence-electron chi connectivity index (χ3n) is 3.58. The van der Waals surface area contributed by atoms with Crippen LogP contribution in [0.25, 0.3) is 0 Å². The molecule has 3 aromatic rings. The van der Waals surface area contributed by atoms with Crippen LogP contribution in [0.4, 0.5) is 10.2 Å². The van der Waals surface area contributed by atoms with Crippen LogP contribution in [0.5, 0.6) is 0 Å². The van der Waals surface area contributed by atoms with Crippen molar-refractivity contribution in [2.24, 2.45) is 0 Å². The molecule has 0 spiro atoms. The van der Waals surface area contributed by atoms with E-state index >= 15 is 0 Å². The van der Waals surface area contributed by atoms with E-state index in [2.05, 4.69) is 25.8 Å². The molecule has 0 fully saturated rings. The molecule has 1 unspecified atom stereocenters. The Bertz CT molecular complexity index is 855. The molecular formula is C18H16FN5O. The van der Waals surface area contributed by atoms with Gasteiger partial charge in [-0.1, -0.05) is 18.2 Å². The molecule has 0 radical (unpaired) electrons. The topological polar surface area (TPSA) is 79.8 Å². The maximum atomic E-state index is 13.6. The molecule has 0 bridgehead atoms. The minimum atomic E-state index is -0.406. The van der Waals surface area contributed by atoms with Crippen LogP contribution in [-0.2, 0) is 0 Å². The number of halogens is 1. The van der Waals surface area contributed by atoms with E-state index in [-0.39, 0.29) is 17.4 Å². The average Bonchev–Trinajstić information content (AvgIpc) is 2.66. The van der Waals surface area contributed by atoms with Crippen molar-refractivity contribution in [2.75, 3.05) is 12.4 Å². The lowest BCUT2D eigenvalue weighted by molar-refractivity contribution is 0.0957. The number of nitrogens with zero attached hydrogens (tertiary/aromatic N) is 3. The van der Waals surface area contributed by atoms with Crippen molar-refractivity contribution < 1.29 is 9.18 Å². The second kappa shape index (κ2) is 7.48. The normalized spacial score (nSPS) is 11.6. The first-order chi connectivity index (χ1) is 12.2. The number of anilines is 1. The molecule has 0 aliphatic carbocycles. The van der Waals surface area contributed by atoms with Crippen molar-refractivity contribution in [3.05, 3.63) is 83.6 Å². The Morgan fingerprint density at radius 1 is 1.08 bits per heavy atom. The quantitative estimate of drug-likeness (QED) is 0.748. The summed E-state index contributed by atoms with van der Waals surface area (Å²) in [6, 6.07) is 14.6. The molecule has 0 saturated carbocycles. The molecular weight excluding hydrogens is 321 g/mol. The second-order valence-electron chi connectivity index (χ2n) is 5.27. The van der Waals surface area contributed by atoms with E-state index < -0.39 is 6.04 Å². The molecule has 0 aliphatic rings. The number of rotatable bonds is 5. The standard InChI is InChI=1S/C18H16FN5O/c1-20-18(25)15-8-9-16(24-23-15)22-17(14-7-2-3-10-21-14)12-5-4-6-13(19)11-12/h2-11,17H,1H3,(H,20,25)(H,22,24). The van der Waals surface area contributed by atoms with Gasteiger partial charge in [-0.25, -0.2) is 4.39 Å². The smallest absolute Gasteiger partial charge is 0.271 e. The van der Waals surface area contributed by atoms with Crippen molar-refractivity contribution >= 4 is 11.7 Å². The van der Waals surface area contributed by atoms with Crippen LogP contribution in [0, 0.1) is 5.82 Å². The lowest BCUT2D eigenvalue weighted by atomic mass is 10.0. The molecule has 7 heteroatoms. The Kier molecular flexibility index (Phi) is 4.94. The van der Waals surface area contributed by atoms with Gasteiger partial charge in [-0.05, 0) is 42.0 Å². The first-order valence-electron chi connectivity index (χ1n) is 7.66. The minimum absolute atomic E-state index is 0.216. The SMILES string of the molecule is CNC(=O)c1ccc(NC(c2cccc(F)c2)c2ccccn2)nn1. The van der Waals surface area contributed by atoms with Gasteiger partial charge in [0.2, 0.25) is 0 Å². The summed E-state index contributed by atoms with van der Waals surface area (Å²) < 4.78 is 13.6. The molecule has 126 valence electrons. The van der Waals surface area contributed by atoms with Gasteiger partial charge in [-0.2, -0.15) is 0 Å². The third kappa shape index (κ3) is 3.95. The van der Waals surface area contributed by atoms with Crippen LogP contribution in [0.15, 0.2) is 60.8 Å². The summed E-state index contributed by atoms with van der Waals surface area (Å²) in [4.78, 5) is 15.9. The van der Waals surface area contributed by atoms with E-state index in [1.54, 1.807) is 24.4 Å². The summed E-state index contributed by atoms with van der Waals surface area (Å²) in [6.45, 7) is 0. The van der Waals surface area contributed by atoms with E-state index in [1.807, 2.05) is 24.3 Å². The Labute approximate surface area is 144 Å². The number of amides is 1. The maximum Gasteiger partial charge on any atom is 0.271 e. The fourth-order valence-electron chi connectivity index (χ4n) is 2.37. The van der Waals surface area contributed by atoms with Crippen molar-refractivity contribution in [3.63, 3.8) is 0 Å². The third-order valence-corrected chi connectivity index (χ3v) is 3.58. The largest absolute Gasteiger partial charge is 0.356 e. The molecule has 3 rings (SSSR count). The molecule has 1 aromatic carbocycles.